The maximum Gasteiger partial charge on any atom is 0.227 e. The highest BCUT2D eigenvalue weighted by atomic mass is 35.5. The zero-order valence-corrected chi connectivity index (χ0v) is 17.3. The molecule has 0 bridgehead atoms. The molecule has 0 spiro atoms. The van der Waals surface area contributed by atoms with Gasteiger partial charge in [-0.25, -0.2) is 9.97 Å². The molecule has 29 heavy (non-hydrogen) atoms. The summed E-state index contributed by atoms with van der Waals surface area (Å²) in [5, 5.41) is 15.8. The van der Waals surface area contributed by atoms with Crippen LogP contribution in [0, 0.1) is 5.41 Å². The fraction of sp³-hybridized carbons (Fsp3) is 0.150. The average molecular weight is 430 g/mol. The molecule has 4 rings (SSSR count). The van der Waals surface area contributed by atoms with Crippen molar-refractivity contribution >= 4 is 63.0 Å². The Bertz CT molecular complexity index is 1120. The van der Waals surface area contributed by atoms with Gasteiger partial charge in [0.1, 0.15) is 0 Å². The summed E-state index contributed by atoms with van der Waals surface area (Å²) in [6.45, 7) is 0.881. The molecule has 0 unspecified atom stereocenters. The van der Waals surface area contributed by atoms with Crippen LogP contribution in [-0.4, -0.2) is 34.9 Å². The number of hydrogen-bond acceptors (Lipinski definition) is 5. The van der Waals surface area contributed by atoms with Gasteiger partial charge in [0.15, 0.2) is 0 Å². The number of aromatic amines is 1. The number of aromatic nitrogens is 3. The molecule has 0 aliphatic heterocycles. The second-order valence-corrected chi connectivity index (χ2v) is 7.12. The number of benzene rings is 2. The van der Waals surface area contributed by atoms with Gasteiger partial charge in [-0.1, -0.05) is 23.2 Å². The normalized spacial score (nSPS) is 10.6. The van der Waals surface area contributed by atoms with Crippen molar-refractivity contribution in [3.05, 3.63) is 58.3 Å². The van der Waals surface area contributed by atoms with Crippen molar-refractivity contribution in [2.75, 3.05) is 18.9 Å². The van der Waals surface area contributed by atoms with Crippen LogP contribution in [0.1, 0.15) is 5.56 Å². The Morgan fingerprint density at radius 1 is 1.10 bits per heavy atom. The number of nitrogens with two attached hydrogens (primary N) is 1. The Labute approximate surface area is 178 Å². The quantitative estimate of drug-likeness (QED) is 0.237. The van der Waals surface area contributed by atoms with Crippen LogP contribution in [0.25, 0.3) is 21.8 Å². The smallest absolute Gasteiger partial charge is 0.227 e. The predicted octanol–water partition coefficient (Wildman–Crippen LogP) is 4.48. The largest absolute Gasteiger partial charge is 0.390 e. The van der Waals surface area contributed by atoms with E-state index in [1.54, 1.807) is 12.4 Å². The van der Waals surface area contributed by atoms with Crippen LogP contribution in [0.5, 0.6) is 0 Å². The zero-order valence-electron chi connectivity index (χ0n) is 15.8. The Balaban J connectivity index is 0.000000755. The van der Waals surface area contributed by atoms with Gasteiger partial charge >= 0.3 is 0 Å². The maximum absolute atomic E-state index is 6.21. The van der Waals surface area contributed by atoms with Crippen LogP contribution in [0.4, 0.5) is 11.6 Å². The second kappa shape index (κ2) is 9.56. The predicted molar refractivity (Wildman–Crippen MR) is 122 cm³/mol. The molecule has 4 aromatic rings. The van der Waals surface area contributed by atoms with Crippen molar-refractivity contribution < 1.29 is 0 Å². The molecule has 150 valence electrons. The van der Waals surface area contributed by atoms with E-state index < -0.39 is 0 Å². The van der Waals surface area contributed by atoms with Crippen LogP contribution in [0.2, 0.25) is 10.0 Å². The molecular weight excluding hydrogens is 409 g/mol. The monoisotopic (exact) mass is 429 g/mol. The molecule has 0 atom stereocenters. The summed E-state index contributed by atoms with van der Waals surface area (Å²) in [5.74, 6) is 0.506. The molecule has 0 aliphatic rings. The minimum atomic E-state index is 0.506. The summed E-state index contributed by atoms with van der Waals surface area (Å²) >= 11 is 12.1. The lowest BCUT2D eigenvalue weighted by molar-refractivity contribution is 0.794. The minimum Gasteiger partial charge on any atom is -0.390 e. The van der Waals surface area contributed by atoms with E-state index in [9.17, 15) is 0 Å². The Kier molecular flexibility index (Phi) is 6.87. The number of anilines is 2. The molecule has 0 amide bonds. The van der Waals surface area contributed by atoms with E-state index in [1.165, 1.54) is 5.56 Å². The maximum atomic E-state index is 6.21. The van der Waals surface area contributed by atoms with Gasteiger partial charge in [-0.05, 0) is 55.9 Å². The third-order valence-corrected chi connectivity index (χ3v) is 4.70. The van der Waals surface area contributed by atoms with E-state index >= 15 is 0 Å². The lowest BCUT2D eigenvalue weighted by Gasteiger charge is -2.09. The van der Waals surface area contributed by atoms with Crippen molar-refractivity contribution in [1.29, 1.82) is 5.41 Å². The molecule has 7 nitrogen and oxygen atoms in total. The van der Waals surface area contributed by atoms with Gasteiger partial charge in [-0.3, -0.25) is 5.41 Å². The van der Waals surface area contributed by atoms with Crippen molar-refractivity contribution in [2.45, 2.75) is 6.42 Å². The van der Waals surface area contributed by atoms with Crippen LogP contribution < -0.4 is 16.4 Å². The van der Waals surface area contributed by atoms with Crippen LogP contribution in [-0.2, 0) is 6.42 Å². The summed E-state index contributed by atoms with van der Waals surface area (Å²) in [7, 11) is 1.95. The molecule has 9 heteroatoms. The third kappa shape index (κ3) is 4.95. The molecule has 2 aromatic carbocycles. The third-order valence-electron chi connectivity index (χ3n) is 4.27. The molecule has 2 heterocycles. The Hall–Kier alpha value is -2.87. The Morgan fingerprint density at radius 3 is 2.52 bits per heavy atom. The van der Waals surface area contributed by atoms with Gasteiger partial charge in [0.25, 0.3) is 0 Å². The summed E-state index contributed by atoms with van der Waals surface area (Å²) in [5.41, 5.74) is 8.71. The molecular formula is C20H21Cl2N7. The second-order valence-electron chi connectivity index (χ2n) is 6.24. The minimum absolute atomic E-state index is 0.506. The summed E-state index contributed by atoms with van der Waals surface area (Å²) in [4.78, 5) is 11.9. The van der Waals surface area contributed by atoms with Gasteiger partial charge in [-0.2, -0.15) is 0 Å². The van der Waals surface area contributed by atoms with Gasteiger partial charge in [-0.15, -0.1) is 0 Å². The topological polar surface area (TPSA) is 115 Å². The number of hydrogen-bond donors (Lipinski definition) is 5. The number of rotatable bonds is 5. The van der Waals surface area contributed by atoms with E-state index in [2.05, 4.69) is 43.5 Å². The number of fused-ring (bicyclic) bond motifs is 3. The molecule has 0 radical (unpaired) electrons. The molecule has 0 fully saturated rings. The van der Waals surface area contributed by atoms with Gasteiger partial charge in [0.2, 0.25) is 5.95 Å². The number of halogens is 2. The number of nitrogens with zero attached hydrogens (tertiary/aromatic N) is 2. The van der Waals surface area contributed by atoms with Gasteiger partial charge in [0.05, 0.1) is 23.8 Å². The van der Waals surface area contributed by atoms with E-state index in [0.717, 1.165) is 51.8 Å². The fourth-order valence-corrected chi connectivity index (χ4v) is 3.35. The SMILES string of the molecule is CNCCc1cc(Nc2ncc(Cl)cn2)cc2c1[nH]c1ccc(Cl)cc12.N=CN. The summed E-state index contributed by atoms with van der Waals surface area (Å²) < 4.78 is 0. The first-order valence-electron chi connectivity index (χ1n) is 8.89. The van der Waals surface area contributed by atoms with Crippen molar-refractivity contribution in [3.8, 4) is 0 Å². The fourth-order valence-electron chi connectivity index (χ4n) is 3.08. The zero-order chi connectivity index (χ0) is 20.8. The van der Waals surface area contributed by atoms with Crippen LogP contribution in [0.3, 0.4) is 0 Å². The molecule has 0 saturated heterocycles. The highest BCUT2D eigenvalue weighted by molar-refractivity contribution is 6.32. The first-order chi connectivity index (χ1) is 14.0. The summed E-state index contributed by atoms with van der Waals surface area (Å²) in [6, 6.07) is 10.1. The van der Waals surface area contributed by atoms with Crippen molar-refractivity contribution in [3.63, 3.8) is 0 Å². The first-order valence-corrected chi connectivity index (χ1v) is 9.65. The molecule has 6 N–H and O–H groups in total. The van der Waals surface area contributed by atoms with Gasteiger partial charge in [0, 0.05) is 32.5 Å². The van der Waals surface area contributed by atoms with E-state index in [-0.39, 0.29) is 0 Å². The van der Waals surface area contributed by atoms with E-state index in [0.29, 0.717) is 11.0 Å². The standard InChI is InChI=1S/C19H17Cl2N5.CH4N2/c1-22-5-4-11-6-14(25-19-23-9-13(21)10-24-19)8-16-15-7-12(20)2-3-17(15)26-18(11)16;2-1-3/h2-3,6-10,22,26H,4-5H2,1H3,(H,23,24,25);1H,(H3,2,3). The van der Waals surface area contributed by atoms with Crippen molar-refractivity contribution in [2.24, 2.45) is 5.73 Å². The highest BCUT2D eigenvalue weighted by Crippen LogP contribution is 2.33. The number of likely N-dealkylation sites (N-methyl/N-ethyl adjacent to an activating group) is 1. The van der Waals surface area contributed by atoms with Gasteiger partial charge < -0.3 is 21.4 Å². The summed E-state index contributed by atoms with van der Waals surface area (Å²) in [6.07, 6.45) is 4.79. The van der Waals surface area contributed by atoms with Crippen molar-refractivity contribution in [1.82, 2.24) is 20.3 Å². The first kappa shape index (κ1) is 20.9. The van der Waals surface area contributed by atoms with Crippen LogP contribution in [0.15, 0.2) is 42.7 Å². The lowest BCUT2D eigenvalue weighted by Crippen LogP contribution is -2.10. The van der Waals surface area contributed by atoms with E-state index in [1.807, 2.05) is 25.2 Å². The molecule has 0 aliphatic carbocycles. The lowest BCUT2D eigenvalue weighted by atomic mass is 10.0. The number of nitrogens with one attached hydrogen (secondary N) is 4. The van der Waals surface area contributed by atoms with Crippen LogP contribution >= 0.6 is 23.2 Å². The highest BCUT2D eigenvalue weighted by Gasteiger charge is 2.11. The number of H-pyrrole nitrogens is 1. The Morgan fingerprint density at radius 2 is 1.83 bits per heavy atom. The average Bonchev–Trinajstić information content (AvgIpc) is 3.06. The molecule has 2 aromatic heterocycles. The van der Waals surface area contributed by atoms with E-state index in [4.69, 9.17) is 28.6 Å². The molecule has 0 saturated carbocycles.